The summed E-state index contributed by atoms with van der Waals surface area (Å²) < 4.78 is 37.7. The first-order chi connectivity index (χ1) is 18.2. The van der Waals surface area contributed by atoms with Crippen LogP contribution in [0.2, 0.25) is 0 Å². The highest BCUT2D eigenvalue weighted by molar-refractivity contribution is 7.90. The molecule has 0 atom stereocenters. The van der Waals surface area contributed by atoms with E-state index in [0.717, 1.165) is 37.2 Å². The second-order valence-electron chi connectivity index (χ2n) is 9.54. The van der Waals surface area contributed by atoms with E-state index >= 15 is 0 Å². The van der Waals surface area contributed by atoms with Crippen molar-refractivity contribution >= 4 is 27.1 Å². The topological polar surface area (TPSA) is 93.5 Å². The summed E-state index contributed by atoms with van der Waals surface area (Å²) in [4.78, 5) is 17.2. The Hall–Kier alpha value is -3.74. The molecule has 198 valence electrons. The molecule has 0 spiro atoms. The van der Waals surface area contributed by atoms with Crippen LogP contribution in [-0.4, -0.2) is 51.7 Å². The minimum absolute atomic E-state index is 0.0429. The lowest BCUT2D eigenvalue weighted by Crippen LogP contribution is -2.42. The van der Waals surface area contributed by atoms with Crippen molar-refractivity contribution < 1.29 is 17.6 Å². The zero-order valence-corrected chi connectivity index (χ0v) is 22.1. The van der Waals surface area contributed by atoms with Crippen molar-refractivity contribution in [3.05, 3.63) is 89.7 Å². The van der Waals surface area contributed by atoms with Crippen molar-refractivity contribution in [1.82, 2.24) is 10.2 Å². The smallest absolute Gasteiger partial charge is 0.223 e. The highest BCUT2D eigenvalue weighted by Gasteiger charge is 2.25. The summed E-state index contributed by atoms with van der Waals surface area (Å²) in [6, 6.07) is 22.2. The molecule has 0 radical (unpaired) electrons. The minimum Gasteiger partial charge on any atom is -0.352 e. The Morgan fingerprint density at radius 2 is 1.74 bits per heavy atom. The first-order valence-electron chi connectivity index (χ1n) is 12.6. The van der Waals surface area contributed by atoms with E-state index in [9.17, 15) is 17.6 Å². The van der Waals surface area contributed by atoms with Crippen LogP contribution >= 0.6 is 0 Å². The SMILES string of the molecule is CS(=O)(=O)c1ccc(N(CCN2CCC(C(=O)NCc3ccc(C#N)cc3)CC2)c2cccc(F)c2)cc1. The van der Waals surface area contributed by atoms with Gasteiger partial charge in [-0.1, -0.05) is 18.2 Å². The van der Waals surface area contributed by atoms with Gasteiger partial charge in [-0.05, 0) is 86.1 Å². The van der Waals surface area contributed by atoms with E-state index < -0.39 is 9.84 Å². The standard InChI is InChI=1S/C29H31FN4O3S/c1-38(36,37)28-11-9-26(10-12-28)34(27-4-2-3-25(30)19-27)18-17-33-15-13-24(14-16-33)29(35)32-21-23-7-5-22(20-31)6-8-23/h2-12,19,24H,13-18,21H2,1H3,(H,32,35). The van der Waals surface area contributed by atoms with Gasteiger partial charge in [0.25, 0.3) is 0 Å². The number of amides is 1. The van der Waals surface area contributed by atoms with Gasteiger partial charge < -0.3 is 15.1 Å². The number of hydrogen-bond donors (Lipinski definition) is 1. The Kier molecular flexibility index (Phi) is 8.77. The Bertz CT molecular complexity index is 1390. The van der Waals surface area contributed by atoms with Crippen molar-refractivity contribution in [2.75, 3.05) is 37.3 Å². The van der Waals surface area contributed by atoms with Crippen molar-refractivity contribution in [2.24, 2.45) is 5.92 Å². The molecule has 9 heteroatoms. The molecular weight excluding hydrogens is 503 g/mol. The van der Waals surface area contributed by atoms with Crippen molar-refractivity contribution in [2.45, 2.75) is 24.3 Å². The molecule has 38 heavy (non-hydrogen) atoms. The van der Waals surface area contributed by atoms with E-state index in [1.807, 2.05) is 23.1 Å². The minimum atomic E-state index is -3.31. The van der Waals surface area contributed by atoms with Gasteiger partial charge in [-0.25, -0.2) is 12.8 Å². The van der Waals surface area contributed by atoms with Crippen LogP contribution in [0.4, 0.5) is 15.8 Å². The van der Waals surface area contributed by atoms with Crippen LogP contribution < -0.4 is 10.2 Å². The summed E-state index contributed by atoms with van der Waals surface area (Å²) in [6.07, 6.45) is 2.67. The second kappa shape index (κ2) is 12.2. The number of hydrogen-bond acceptors (Lipinski definition) is 6. The highest BCUT2D eigenvalue weighted by atomic mass is 32.2. The van der Waals surface area contributed by atoms with Gasteiger partial charge in [0.1, 0.15) is 5.82 Å². The average Bonchev–Trinajstić information content (AvgIpc) is 2.92. The van der Waals surface area contributed by atoms with Crippen molar-refractivity contribution in [3.8, 4) is 6.07 Å². The average molecular weight is 535 g/mol. The van der Waals surface area contributed by atoms with E-state index in [4.69, 9.17) is 5.26 Å². The van der Waals surface area contributed by atoms with Gasteiger partial charge in [0, 0.05) is 43.2 Å². The molecule has 1 heterocycles. The monoisotopic (exact) mass is 534 g/mol. The number of carbonyl (C=O) groups is 1. The van der Waals surface area contributed by atoms with Gasteiger partial charge in [-0.15, -0.1) is 0 Å². The van der Waals surface area contributed by atoms with Gasteiger partial charge in [0.05, 0.1) is 16.5 Å². The third kappa shape index (κ3) is 7.18. The number of nitriles is 1. The summed E-state index contributed by atoms with van der Waals surface area (Å²) in [5.74, 6) is -0.345. The number of piperidine rings is 1. The Morgan fingerprint density at radius 1 is 1.05 bits per heavy atom. The molecule has 0 aromatic heterocycles. The molecule has 0 aliphatic carbocycles. The normalized spacial score (nSPS) is 14.6. The number of rotatable bonds is 9. The van der Waals surface area contributed by atoms with Crippen LogP contribution in [0, 0.1) is 23.1 Å². The van der Waals surface area contributed by atoms with Gasteiger partial charge in [0.2, 0.25) is 5.91 Å². The van der Waals surface area contributed by atoms with Gasteiger partial charge in [0.15, 0.2) is 9.84 Å². The fourth-order valence-electron chi connectivity index (χ4n) is 4.62. The molecule has 1 amide bonds. The summed E-state index contributed by atoms with van der Waals surface area (Å²) in [6.45, 7) is 3.28. The molecule has 7 nitrogen and oxygen atoms in total. The van der Waals surface area contributed by atoms with Crippen LogP contribution in [0.15, 0.2) is 77.7 Å². The molecule has 1 aliphatic heterocycles. The maximum atomic E-state index is 14.0. The lowest BCUT2D eigenvalue weighted by atomic mass is 9.95. The molecule has 0 bridgehead atoms. The molecule has 1 saturated heterocycles. The van der Waals surface area contributed by atoms with Crippen molar-refractivity contribution in [1.29, 1.82) is 5.26 Å². The van der Waals surface area contributed by atoms with Gasteiger partial charge in [-0.2, -0.15) is 5.26 Å². The first kappa shape index (κ1) is 27.3. The summed E-state index contributed by atoms with van der Waals surface area (Å²) in [5.41, 5.74) is 3.01. The fourth-order valence-corrected chi connectivity index (χ4v) is 5.25. The van der Waals surface area contributed by atoms with E-state index in [1.165, 1.54) is 18.4 Å². The number of carbonyl (C=O) groups excluding carboxylic acids is 1. The lowest BCUT2D eigenvalue weighted by Gasteiger charge is -2.34. The van der Waals surface area contributed by atoms with Gasteiger partial charge >= 0.3 is 0 Å². The van der Waals surface area contributed by atoms with Crippen LogP contribution in [-0.2, 0) is 21.2 Å². The van der Waals surface area contributed by atoms with Crippen molar-refractivity contribution in [3.63, 3.8) is 0 Å². The maximum Gasteiger partial charge on any atom is 0.223 e. The summed E-state index contributed by atoms with van der Waals surface area (Å²) in [7, 11) is -3.31. The second-order valence-corrected chi connectivity index (χ2v) is 11.6. The molecular formula is C29H31FN4O3S. The molecule has 3 aromatic rings. The summed E-state index contributed by atoms with van der Waals surface area (Å²) >= 11 is 0. The van der Waals surface area contributed by atoms with E-state index in [1.54, 1.807) is 42.5 Å². The van der Waals surface area contributed by atoms with Crippen LogP contribution in [0.5, 0.6) is 0 Å². The number of halogens is 1. The van der Waals surface area contributed by atoms with E-state index in [0.29, 0.717) is 30.9 Å². The Labute approximate surface area is 223 Å². The lowest BCUT2D eigenvalue weighted by molar-refractivity contribution is -0.126. The number of sulfone groups is 1. The Morgan fingerprint density at radius 3 is 2.34 bits per heavy atom. The van der Waals surface area contributed by atoms with E-state index in [-0.39, 0.29) is 22.5 Å². The predicted octanol–water partition coefficient (Wildman–Crippen LogP) is 4.27. The van der Waals surface area contributed by atoms with Crippen LogP contribution in [0.25, 0.3) is 0 Å². The van der Waals surface area contributed by atoms with Gasteiger partial charge in [-0.3, -0.25) is 4.79 Å². The molecule has 1 aliphatic rings. The molecule has 1 fully saturated rings. The zero-order valence-electron chi connectivity index (χ0n) is 21.3. The van der Waals surface area contributed by atoms with Crippen LogP contribution in [0.3, 0.4) is 0 Å². The number of nitrogens with zero attached hydrogens (tertiary/aromatic N) is 3. The Balaban J connectivity index is 1.33. The first-order valence-corrected chi connectivity index (χ1v) is 14.4. The third-order valence-electron chi connectivity index (χ3n) is 6.84. The summed E-state index contributed by atoms with van der Waals surface area (Å²) in [5, 5.41) is 11.9. The molecule has 0 unspecified atom stereocenters. The van der Waals surface area contributed by atoms with E-state index in [2.05, 4.69) is 16.3 Å². The predicted molar refractivity (Wildman–Crippen MR) is 145 cm³/mol. The highest BCUT2D eigenvalue weighted by Crippen LogP contribution is 2.27. The number of likely N-dealkylation sites (tertiary alicyclic amines) is 1. The fraction of sp³-hybridized carbons (Fsp3) is 0.310. The molecule has 4 rings (SSSR count). The van der Waals surface area contributed by atoms with Crippen LogP contribution in [0.1, 0.15) is 24.0 Å². The maximum absolute atomic E-state index is 14.0. The number of anilines is 2. The number of benzene rings is 3. The largest absolute Gasteiger partial charge is 0.352 e. The molecule has 3 aromatic carbocycles. The quantitative estimate of drug-likeness (QED) is 0.441. The zero-order chi connectivity index (χ0) is 27.1. The number of nitrogens with one attached hydrogen (secondary N) is 1. The molecule has 1 N–H and O–H groups in total. The third-order valence-corrected chi connectivity index (χ3v) is 7.97. The molecule has 0 saturated carbocycles.